The molecule has 5 nitrogen and oxygen atoms in total. The van der Waals surface area contributed by atoms with E-state index in [1.807, 2.05) is 25.3 Å². The molecule has 0 aliphatic carbocycles. The lowest BCUT2D eigenvalue weighted by Crippen LogP contribution is -2.32. The molecule has 1 unspecified atom stereocenters. The number of rotatable bonds is 5. The summed E-state index contributed by atoms with van der Waals surface area (Å²) >= 11 is 1.39. The molecule has 2 rings (SSSR count). The van der Waals surface area contributed by atoms with Crippen LogP contribution in [0.4, 0.5) is 0 Å². The molecule has 1 saturated heterocycles. The summed E-state index contributed by atoms with van der Waals surface area (Å²) in [6.45, 7) is 5.50. The van der Waals surface area contributed by atoms with E-state index in [-0.39, 0.29) is 16.1 Å². The Bertz CT molecular complexity index is 551. The van der Waals surface area contributed by atoms with Crippen LogP contribution in [0.25, 0.3) is 6.08 Å². The Morgan fingerprint density at radius 1 is 1.57 bits per heavy atom. The van der Waals surface area contributed by atoms with E-state index in [9.17, 15) is 9.59 Å². The molecule has 0 spiro atoms. The zero-order valence-electron chi connectivity index (χ0n) is 12.5. The van der Waals surface area contributed by atoms with Crippen molar-refractivity contribution in [2.45, 2.75) is 38.5 Å². The van der Waals surface area contributed by atoms with Crippen molar-refractivity contribution in [3.8, 4) is 0 Å². The van der Waals surface area contributed by atoms with E-state index in [0.29, 0.717) is 13.0 Å². The third-order valence-corrected chi connectivity index (χ3v) is 4.52. The monoisotopic (exact) mass is 307 g/mol. The van der Waals surface area contributed by atoms with Gasteiger partial charge in [-0.1, -0.05) is 18.7 Å². The molecule has 1 aromatic heterocycles. The van der Waals surface area contributed by atoms with E-state index in [1.54, 1.807) is 11.6 Å². The average Bonchev–Trinajstić information content (AvgIpc) is 2.87. The Morgan fingerprint density at radius 2 is 2.38 bits per heavy atom. The number of hydrogen-bond acceptors (Lipinski definition) is 5. The molecule has 1 N–H and O–H groups in total. The van der Waals surface area contributed by atoms with E-state index in [2.05, 4.69) is 10.4 Å². The molecule has 0 amide bonds. The van der Waals surface area contributed by atoms with Crippen LogP contribution in [0.5, 0.6) is 0 Å². The third-order valence-electron chi connectivity index (χ3n) is 3.36. The molecule has 1 aromatic rings. The van der Waals surface area contributed by atoms with Crippen molar-refractivity contribution >= 4 is 28.7 Å². The molecule has 114 valence electrons. The second-order valence-electron chi connectivity index (χ2n) is 5.11. The molecule has 1 fully saturated rings. The molecule has 1 aliphatic heterocycles. The minimum atomic E-state index is 0.145. The van der Waals surface area contributed by atoms with Gasteiger partial charge in [-0.2, -0.15) is 5.10 Å². The fourth-order valence-corrected chi connectivity index (χ4v) is 3.21. The second kappa shape index (κ2) is 7.56. The van der Waals surface area contributed by atoms with Crippen molar-refractivity contribution in [2.75, 3.05) is 13.1 Å². The summed E-state index contributed by atoms with van der Waals surface area (Å²) in [6, 6.07) is 1.90. The van der Waals surface area contributed by atoms with E-state index >= 15 is 0 Å². The Labute approximate surface area is 129 Å². The topological polar surface area (TPSA) is 64.0 Å². The van der Waals surface area contributed by atoms with Gasteiger partial charge in [-0.15, -0.1) is 0 Å². The number of carbonyl (C=O) groups excluding carboxylic acids is 2. The van der Waals surface area contributed by atoms with E-state index in [0.717, 1.165) is 25.2 Å². The Balaban J connectivity index is 2.09. The van der Waals surface area contributed by atoms with Crippen LogP contribution >= 0.6 is 11.8 Å². The van der Waals surface area contributed by atoms with Gasteiger partial charge < -0.3 is 5.32 Å². The number of carbonyl (C=O) groups is 2. The predicted molar refractivity (Wildman–Crippen MR) is 85.0 cm³/mol. The number of hydrogen-bond donors (Lipinski definition) is 1. The van der Waals surface area contributed by atoms with Crippen LogP contribution in [0.1, 0.15) is 32.4 Å². The zero-order chi connectivity index (χ0) is 15.2. The first-order chi connectivity index (χ1) is 10.1. The van der Waals surface area contributed by atoms with Crippen LogP contribution in [0.2, 0.25) is 0 Å². The first-order valence-corrected chi connectivity index (χ1v) is 8.10. The standard InChI is InChI=1S/C15H21N3O2S/c1-3-14(20)10-18-7-5-13(17-18)8-12-9-16-6-4-15(12)21-11(2)19/h5,7-8,15-16H,3-4,6,9-10H2,1-2H3. The van der Waals surface area contributed by atoms with Gasteiger partial charge in [0, 0.05) is 31.3 Å². The zero-order valence-corrected chi connectivity index (χ0v) is 13.3. The van der Waals surface area contributed by atoms with Gasteiger partial charge in [0.2, 0.25) is 0 Å². The van der Waals surface area contributed by atoms with E-state index < -0.39 is 0 Å². The second-order valence-corrected chi connectivity index (χ2v) is 6.49. The lowest BCUT2D eigenvalue weighted by molar-refractivity contribution is -0.119. The van der Waals surface area contributed by atoms with Crippen LogP contribution in [0.3, 0.4) is 0 Å². The van der Waals surface area contributed by atoms with Crippen molar-refractivity contribution < 1.29 is 9.59 Å². The molecule has 0 bridgehead atoms. The number of nitrogens with one attached hydrogen (secondary N) is 1. The number of piperidine rings is 1. The Kier molecular flexibility index (Phi) is 5.76. The quantitative estimate of drug-likeness (QED) is 0.900. The largest absolute Gasteiger partial charge is 0.313 e. The van der Waals surface area contributed by atoms with E-state index in [1.165, 1.54) is 17.3 Å². The Morgan fingerprint density at radius 3 is 3.10 bits per heavy atom. The Hall–Kier alpha value is -1.40. The predicted octanol–water partition coefficient (Wildman–Crippen LogP) is 1.89. The minimum absolute atomic E-state index is 0.145. The molecule has 21 heavy (non-hydrogen) atoms. The molecule has 1 atom stereocenters. The van der Waals surface area contributed by atoms with Gasteiger partial charge in [-0.3, -0.25) is 14.3 Å². The summed E-state index contributed by atoms with van der Waals surface area (Å²) in [5, 5.41) is 8.10. The van der Waals surface area contributed by atoms with Gasteiger partial charge in [-0.25, -0.2) is 0 Å². The molecule has 0 saturated carbocycles. The normalized spacial score (nSPS) is 20.7. The van der Waals surface area contributed by atoms with Crippen molar-refractivity contribution in [1.82, 2.24) is 15.1 Å². The first-order valence-electron chi connectivity index (χ1n) is 7.22. The highest BCUT2D eigenvalue weighted by molar-refractivity contribution is 8.14. The molecule has 0 aromatic carbocycles. The lowest BCUT2D eigenvalue weighted by atomic mass is 10.0. The number of nitrogens with zero attached hydrogens (tertiary/aromatic N) is 2. The molecular weight excluding hydrogens is 286 g/mol. The lowest BCUT2D eigenvalue weighted by Gasteiger charge is -2.24. The van der Waals surface area contributed by atoms with Crippen LogP contribution in [-0.2, 0) is 16.1 Å². The molecule has 0 radical (unpaired) electrons. The number of Topliss-reactive ketones (excluding diaryl/α,β-unsaturated/α-hetero) is 1. The fourth-order valence-electron chi connectivity index (χ4n) is 2.27. The summed E-state index contributed by atoms with van der Waals surface area (Å²) in [4.78, 5) is 22.8. The fraction of sp³-hybridized carbons (Fsp3) is 0.533. The number of thioether (sulfide) groups is 1. The van der Waals surface area contributed by atoms with Crippen LogP contribution in [0.15, 0.2) is 17.8 Å². The summed E-state index contributed by atoms with van der Waals surface area (Å²) in [5.74, 6) is 0.168. The maximum absolute atomic E-state index is 11.4. The SMILES string of the molecule is CCC(=O)Cn1ccc(C=C2CNCCC2SC(C)=O)n1. The van der Waals surface area contributed by atoms with Gasteiger partial charge in [-0.05, 0) is 30.7 Å². The number of ketones is 1. The average molecular weight is 307 g/mol. The molecule has 2 heterocycles. The minimum Gasteiger partial charge on any atom is -0.313 e. The molecule has 6 heteroatoms. The van der Waals surface area contributed by atoms with Gasteiger partial charge >= 0.3 is 0 Å². The highest BCUT2D eigenvalue weighted by Crippen LogP contribution is 2.26. The van der Waals surface area contributed by atoms with Gasteiger partial charge in [0.05, 0.1) is 12.2 Å². The van der Waals surface area contributed by atoms with Gasteiger partial charge in [0.25, 0.3) is 0 Å². The first kappa shape index (κ1) is 16.0. The highest BCUT2D eigenvalue weighted by Gasteiger charge is 2.21. The summed E-state index contributed by atoms with van der Waals surface area (Å²) < 4.78 is 1.67. The van der Waals surface area contributed by atoms with Gasteiger partial charge in [0.15, 0.2) is 10.9 Å². The maximum atomic E-state index is 11.4. The molecule has 1 aliphatic rings. The third kappa shape index (κ3) is 4.82. The summed E-state index contributed by atoms with van der Waals surface area (Å²) in [5.41, 5.74) is 2.03. The molecular formula is C15H21N3O2S. The van der Waals surface area contributed by atoms with E-state index in [4.69, 9.17) is 0 Å². The van der Waals surface area contributed by atoms with Crippen molar-refractivity contribution in [3.05, 3.63) is 23.5 Å². The summed E-state index contributed by atoms with van der Waals surface area (Å²) in [6.07, 6.45) is 5.33. The van der Waals surface area contributed by atoms with Crippen LogP contribution < -0.4 is 5.32 Å². The van der Waals surface area contributed by atoms with Crippen LogP contribution in [0, 0.1) is 0 Å². The van der Waals surface area contributed by atoms with Gasteiger partial charge in [0.1, 0.15) is 0 Å². The van der Waals surface area contributed by atoms with Crippen molar-refractivity contribution in [2.24, 2.45) is 0 Å². The van der Waals surface area contributed by atoms with Crippen molar-refractivity contribution in [1.29, 1.82) is 0 Å². The summed E-state index contributed by atoms with van der Waals surface area (Å²) in [7, 11) is 0. The van der Waals surface area contributed by atoms with Crippen molar-refractivity contribution in [3.63, 3.8) is 0 Å². The smallest absolute Gasteiger partial charge is 0.186 e. The van der Waals surface area contributed by atoms with Crippen LogP contribution in [-0.4, -0.2) is 39.0 Å². The highest BCUT2D eigenvalue weighted by atomic mass is 32.2. The maximum Gasteiger partial charge on any atom is 0.186 e. The number of aromatic nitrogens is 2.